The van der Waals surface area contributed by atoms with Crippen LogP contribution in [0.15, 0.2) is 0 Å². The van der Waals surface area contributed by atoms with Crippen LogP contribution in [0.25, 0.3) is 0 Å². The van der Waals surface area contributed by atoms with Gasteiger partial charge in [-0.2, -0.15) is 0 Å². The number of nitrogens with one attached hydrogen (secondary N) is 8. The van der Waals surface area contributed by atoms with Gasteiger partial charge < -0.3 is 68.7 Å². The van der Waals surface area contributed by atoms with Crippen LogP contribution in [0.5, 0.6) is 0 Å². The first-order valence-electron chi connectivity index (χ1n) is 12.3. The lowest BCUT2D eigenvalue weighted by molar-refractivity contribution is -0.138. The van der Waals surface area contributed by atoms with Gasteiger partial charge in [0.1, 0.15) is 24.7 Å². The van der Waals surface area contributed by atoms with E-state index in [1.54, 1.807) is 0 Å². The number of rotatable bonds is 20. The quantitative estimate of drug-likeness (QED) is 0.0600. The zero-order chi connectivity index (χ0) is 32.9. The number of carbonyl (C=O) groups is 9. The molecule has 0 aliphatic rings. The molecule has 0 aromatic rings. The third-order valence-electron chi connectivity index (χ3n) is 4.80. The van der Waals surface area contributed by atoms with E-state index in [9.17, 15) is 48.3 Å². The first-order valence-corrected chi connectivity index (χ1v) is 12.3. The van der Waals surface area contributed by atoms with Crippen LogP contribution in [0.4, 0.5) is 0 Å². The molecule has 0 fully saturated rings. The number of amides is 8. The molecule has 0 unspecified atom stereocenters. The average Bonchev–Trinajstić information content (AvgIpc) is 2.98. The van der Waals surface area contributed by atoms with Gasteiger partial charge in [0.15, 0.2) is 0 Å². The Kier molecular flexibility index (Phi) is 18.5. The van der Waals surface area contributed by atoms with Gasteiger partial charge in [-0.05, 0) is 0 Å². The SMILES string of the molecule is N[C@@H](CO)C(=O)NCC(=O)NCC(=O)N[C@@H](CO)C(=O)NCC(=O)NCC(=O)NCC(=O)N[C@@H](CO)C(=O)NCC(=O)O. The highest BCUT2D eigenvalue weighted by atomic mass is 16.4. The predicted octanol–water partition coefficient (Wildman–Crippen LogP) is -9.96. The zero-order valence-electron chi connectivity index (χ0n) is 22.6. The van der Waals surface area contributed by atoms with E-state index in [2.05, 4.69) is 37.2 Å². The Balaban J connectivity index is 4.36. The minimum absolute atomic E-state index is 0.552. The number of aliphatic hydroxyl groups excluding tert-OH is 3. The molecular weight excluding hydrogens is 586 g/mol. The third-order valence-corrected chi connectivity index (χ3v) is 4.80. The van der Waals surface area contributed by atoms with Crippen molar-refractivity contribution < 1.29 is 63.6 Å². The van der Waals surface area contributed by atoms with Crippen molar-refractivity contribution in [3.63, 3.8) is 0 Å². The Morgan fingerprint density at radius 3 is 1.14 bits per heavy atom. The molecule has 22 heteroatoms. The molecule has 242 valence electrons. The van der Waals surface area contributed by atoms with Crippen LogP contribution in [0.2, 0.25) is 0 Å². The number of carboxylic acid groups (broad SMARTS) is 1. The minimum atomic E-state index is -1.52. The van der Waals surface area contributed by atoms with Gasteiger partial charge in [-0.15, -0.1) is 0 Å². The highest BCUT2D eigenvalue weighted by Crippen LogP contribution is 1.85. The minimum Gasteiger partial charge on any atom is -0.480 e. The Labute approximate surface area is 242 Å². The second kappa shape index (κ2) is 20.9. The fraction of sp³-hybridized carbons (Fsp3) is 0.571. The molecule has 3 atom stereocenters. The van der Waals surface area contributed by atoms with E-state index in [4.69, 9.17) is 21.1 Å². The van der Waals surface area contributed by atoms with Gasteiger partial charge >= 0.3 is 5.97 Å². The molecule has 0 saturated heterocycles. The second-order valence-electron chi connectivity index (χ2n) is 8.27. The Bertz CT molecular complexity index is 1040. The van der Waals surface area contributed by atoms with Crippen LogP contribution < -0.4 is 48.3 Å². The number of carbonyl (C=O) groups excluding carboxylic acids is 8. The van der Waals surface area contributed by atoms with E-state index >= 15 is 0 Å². The molecule has 0 aliphatic carbocycles. The first kappa shape index (κ1) is 38.1. The Hall–Kier alpha value is -4.93. The molecule has 43 heavy (non-hydrogen) atoms. The third kappa shape index (κ3) is 17.5. The summed E-state index contributed by atoms with van der Waals surface area (Å²) in [6.07, 6.45) is 0. The number of hydrogen-bond acceptors (Lipinski definition) is 13. The van der Waals surface area contributed by atoms with Crippen molar-refractivity contribution in [2.24, 2.45) is 5.73 Å². The maximum atomic E-state index is 12.1. The van der Waals surface area contributed by atoms with Crippen molar-refractivity contribution in [1.29, 1.82) is 0 Å². The van der Waals surface area contributed by atoms with Crippen LogP contribution in [0.3, 0.4) is 0 Å². The summed E-state index contributed by atoms with van der Waals surface area (Å²) < 4.78 is 0. The zero-order valence-corrected chi connectivity index (χ0v) is 22.6. The average molecular weight is 622 g/mol. The van der Waals surface area contributed by atoms with E-state index in [-0.39, 0.29) is 0 Å². The van der Waals surface area contributed by atoms with Gasteiger partial charge in [-0.3, -0.25) is 43.2 Å². The molecule has 0 bridgehead atoms. The van der Waals surface area contributed by atoms with Crippen molar-refractivity contribution in [3.05, 3.63) is 0 Å². The monoisotopic (exact) mass is 621 g/mol. The molecule has 0 aliphatic heterocycles. The van der Waals surface area contributed by atoms with Gasteiger partial charge in [0.25, 0.3) is 0 Å². The number of aliphatic carboxylic acids is 1. The molecular formula is C21H35N9O13. The topological polar surface area (TPSA) is 357 Å². The lowest BCUT2D eigenvalue weighted by atomic mass is 10.2. The van der Waals surface area contributed by atoms with Crippen LogP contribution in [-0.4, -0.2) is 151 Å². The molecule has 8 amide bonds. The first-order chi connectivity index (χ1) is 20.2. The standard InChI is InChI=1S/C21H35N9O13/c22-10(7-31)19(41)26-2-14(35)25-5-17(38)29-11(8-32)20(42)27-3-15(36)23-1-13(34)24-4-16(37)30-12(9-33)21(43)28-6-18(39)40/h10-12,31-33H,1-9,22H2,(H,23,36)(H,24,34)(H,25,35)(H,26,41)(H,27,42)(H,28,43)(H,29,38)(H,30,37)(H,39,40)/t10-,11-,12-/m0/s1. The molecule has 0 saturated carbocycles. The maximum Gasteiger partial charge on any atom is 0.322 e. The molecule has 0 aromatic carbocycles. The lowest BCUT2D eigenvalue weighted by Gasteiger charge is -2.17. The van der Waals surface area contributed by atoms with E-state index < -0.39 is 130 Å². The second-order valence-corrected chi connectivity index (χ2v) is 8.27. The summed E-state index contributed by atoms with van der Waals surface area (Å²) in [5.74, 6) is -8.47. The fourth-order valence-corrected chi connectivity index (χ4v) is 2.56. The Morgan fingerprint density at radius 1 is 0.465 bits per heavy atom. The molecule has 22 nitrogen and oxygen atoms in total. The number of carboxylic acids is 1. The van der Waals surface area contributed by atoms with Crippen molar-refractivity contribution in [3.8, 4) is 0 Å². The number of nitrogens with two attached hydrogens (primary N) is 1. The van der Waals surface area contributed by atoms with E-state index in [1.165, 1.54) is 0 Å². The van der Waals surface area contributed by atoms with Gasteiger partial charge in [-0.25, -0.2) is 0 Å². The molecule has 0 aromatic heterocycles. The number of aliphatic hydroxyl groups is 3. The smallest absolute Gasteiger partial charge is 0.322 e. The van der Waals surface area contributed by atoms with Crippen molar-refractivity contribution in [2.75, 3.05) is 59.1 Å². The van der Waals surface area contributed by atoms with Crippen molar-refractivity contribution in [2.45, 2.75) is 18.1 Å². The Morgan fingerprint density at radius 2 is 0.791 bits per heavy atom. The highest BCUT2D eigenvalue weighted by molar-refractivity contribution is 5.94. The number of hydrogen-bond donors (Lipinski definition) is 13. The molecule has 0 rings (SSSR count). The van der Waals surface area contributed by atoms with Gasteiger partial charge in [0.2, 0.25) is 47.3 Å². The van der Waals surface area contributed by atoms with Crippen molar-refractivity contribution in [1.82, 2.24) is 42.5 Å². The normalized spacial score (nSPS) is 12.3. The van der Waals surface area contributed by atoms with E-state index in [0.29, 0.717) is 0 Å². The van der Waals surface area contributed by atoms with Gasteiger partial charge in [0, 0.05) is 0 Å². The van der Waals surface area contributed by atoms with Gasteiger partial charge in [0.05, 0.1) is 52.5 Å². The summed E-state index contributed by atoms with van der Waals surface area (Å²) in [6, 6.07) is -4.23. The molecule has 0 spiro atoms. The molecule has 0 heterocycles. The predicted molar refractivity (Wildman–Crippen MR) is 139 cm³/mol. The van der Waals surface area contributed by atoms with Crippen molar-refractivity contribution >= 4 is 53.2 Å². The largest absolute Gasteiger partial charge is 0.480 e. The summed E-state index contributed by atoms with van der Waals surface area (Å²) in [7, 11) is 0. The summed E-state index contributed by atoms with van der Waals surface area (Å²) in [4.78, 5) is 105. The summed E-state index contributed by atoms with van der Waals surface area (Å²) >= 11 is 0. The highest BCUT2D eigenvalue weighted by Gasteiger charge is 2.22. The van der Waals surface area contributed by atoms with E-state index in [1.807, 2.05) is 5.32 Å². The lowest BCUT2D eigenvalue weighted by Crippen LogP contribution is -2.53. The fourth-order valence-electron chi connectivity index (χ4n) is 2.56. The van der Waals surface area contributed by atoms with Crippen LogP contribution in [-0.2, 0) is 43.2 Å². The maximum absolute atomic E-state index is 12.1. The molecule has 0 radical (unpaired) electrons. The van der Waals surface area contributed by atoms with Crippen LogP contribution in [0, 0.1) is 0 Å². The van der Waals surface area contributed by atoms with Gasteiger partial charge in [-0.1, -0.05) is 0 Å². The summed E-state index contributed by atoms with van der Waals surface area (Å²) in [6.45, 7) is -6.32. The van der Waals surface area contributed by atoms with Crippen LogP contribution in [0.1, 0.15) is 0 Å². The van der Waals surface area contributed by atoms with E-state index in [0.717, 1.165) is 0 Å². The molecule has 14 N–H and O–H groups in total. The summed E-state index contributed by atoms with van der Waals surface area (Å²) in [5.41, 5.74) is 5.25. The summed E-state index contributed by atoms with van der Waals surface area (Å²) in [5, 5.41) is 52.4. The van der Waals surface area contributed by atoms with Crippen LogP contribution >= 0.6 is 0 Å².